The van der Waals surface area contributed by atoms with Crippen LogP contribution in [-0.2, 0) is 11.3 Å². The number of benzene rings is 4. The molecule has 0 bridgehead atoms. The van der Waals surface area contributed by atoms with Crippen molar-refractivity contribution in [2.75, 3.05) is 11.4 Å². The van der Waals surface area contributed by atoms with Crippen molar-refractivity contribution in [2.45, 2.75) is 40.3 Å². The van der Waals surface area contributed by atoms with Gasteiger partial charge in [0.15, 0.2) is 5.78 Å². The summed E-state index contributed by atoms with van der Waals surface area (Å²) in [4.78, 5) is 16.0. The highest BCUT2D eigenvalue weighted by Gasteiger charge is 2.37. The Hall–Kier alpha value is -4.31. The van der Waals surface area contributed by atoms with Crippen LogP contribution in [0.3, 0.4) is 0 Å². The first kappa shape index (κ1) is 24.7. The standard InChI is InChI=1S/C36H34N2O2/c1-21(2)19-37-29-15-7-11-23-9-5-13-25(33(23)29)31(37)17-27-35(39)28(36(27)40)18-32-26-14-6-10-24-12-8-16-30(34(24)26)38(32)20-22(3)4/h5-18,21-22,31,39H,19-20H2,1-4H3/b27-17?,32-18+. The number of ketones is 1. The Kier molecular flexibility index (Phi) is 5.64. The molecule has 1 N–H and O–H groups in total. The quantitative estimate of drug-likeness (QED) is 0.231. The van der Waals surface area contributed by atoms with E-state index in [0.717, 1.165) is 29.3 Å². The van der Waals surface area contributed by atoms with Gasteiger partial charge in [-0.3, -0.25) is 4.79 Å². The van der Waals surface area contributed by atoms with Crippen molar-refractivity contribution < 1.29 is 9.90 Å². The first-order valence-electron chi connectivity index (χ1n) is 14.3. The van der Waals surface area contributed by atoms with Gasteiger partial charge in [0, 0.05) is 45.8 Å². The molecule has 1 unspecified atom stereocenters. The van der Waals surface area contributed by atoms with E-state index in [4.69, 9.17) is 0 Å². The summed E-state index contributed by atoms with van der Waals surface area (Å²) in [5.74, 6) is 0.885. The van der Waals surface area contributed by atoms with Gasteiger partial charge in [-0.05, 0) is 52.5 Å². The molecule has 0 saturated heterocycles. The number of allylic oxidation sites excluding steroid dienone is 2. The second-order valence-corrected chi connectivity index (χ2v) is 12.1. The Morgan fingerprint density at radius 3 is 2.17 bits per heavy atom. The Morgan fingerprint density at radius 2 is 1.48 bits per heavy atom. The van der Waals surface area contributed by atoms with Crippen LogP contribution >= 0.6 is 0 Å². The average Bonchev–Trinajstić information content (AvgIpc) is 3.40. The van der Waals surface area contributed by atoms with Gasteiger partial charge in [0.2, 0.25) is 0 Å². The molecule has 1 aliphatic carbocycles. The van der Waals surface area contributed by atoms with Crippen molar-refractivity contribution in [1.29, 1.82) is 0 Å². The maximum Gasteiger partial charge on any atom is 0.200 e. The van der Waals surface area contributed by atoms with Gasteiger partial charge in [0.1, 0.15) is 5.76 Å². The molecule has 1 aromatic heterocycles. The fourth-order valence-electron chi connectivity index (χ4n) is 6.72. The number of rotatable bonds is 6. The van der Waals surface area contributed by atoms with Gasteiger partial charge < -0.3 is 14.6 Å². The topological polar surface area (TPSA) is 45.5 Å². The molecule has 0 amide bonds. The molecule has 2 aliphatic rings. The highest BCUT2D eigenvalue weighted by Crippen LogP contribution is 2.46. The number of Topliss-reactive ketones (excluding diaryl/α,β-unsaturated/α-hetero) is 1. The predicted molar refractivity (Wildman–Crippen MR) is 166 cm³/mol. The Bertz CT molecular complexity index is 1940. The number of aromatic nitrogens is 1. The number of hydrogen-bond donors (Lipinski definition) is 1. The lowest BCUT2D eigenvalue weighted by Crippen LogP contribution is -2.30. The fraction of sp³-hybridized carbons (Fsp3) is 0.250. The van der Waals surface area contributed by atoms with Crippen LogP contribution in [0.1, 0.15) is 39.3 Å². The Labute approximate surface area is 234 Å². The maximum absolute atomic E-state index is 13.7. The minimum atomic E-state index is -0.0966. The van der Waals surface area contributed by atoms with Crippen molar-refractivity contribution in [3.8, 4) is 0 Å². The molecule has 1 aliphatic heterocycles. The van der Waals surface area contributed by atoms with E-state index in [0.29, 0.717) is 23.0 Å². The lowest BCUT2D eigenvalue weighted by atomic mass is 9.85. The third-order valence-electron chi connectivity index (χ3n) is 8.33. The first-order chi connectivity index (χ1) is 19.3. The second-order valence-electron chi connectivity index (χ2n) is 12.1. The zero-order valence-electron chi connectivity index (χ0n) is 23.5. The molecule has 4 nitrogen and oxygen atoms in total. The summed E-state index contributed by atoms with van der Waals surface area (Å²) >= 11 is 0. The van der Waals surface area contributed by atoms with E-state index in [1.165, 1.54) is 32.8 Å². The summed E-state index contributed by atoms with van der Waals surface area (Å²) in [7, 11) is 0. The van der Waals surface area contributed by atoms with Crippen molar-refractivity contribution in [3.63, 3.8) is 0 Å². The van der Waals surface area contributed by atoms with Gasteiger partial charge in [-0.15, -0.1) is 0 Å². The number of aliphatic hydroxyl groups excluding tert-OH is 1. The lowest BCUT2D eigenvalue weighted by Gasteiger charge is -2.30. The monoisotopic (exact) mass is 526 g/mol. The molecular weight excluding hydrogens is 492 g/mol. The molecule has 5 aromatic rings. The summed E-state index contributed by atoms with van der Waals surface area (Å²) in [6.45, 7) is 10.5. The molecule has 0 spiro atoms. The summed E-state index contributed by atoms with van der Waals surface area (Å²) in [6.07, 6.45) is 3.88. The SMILES string of the molecule is CC(C)CN1c2cccc3cccc(c23)C1C=C1C(=O)C(/C=c2\c3cccc4cccc(c43)n2CC(C)C)=C1O. The minimum absolute atomic E-state index is 0.0924. The smallest absolute Gasteiger partial charge is 0.200 e. The third kappa shape index (κ3) is 3.62. The van der Waals surface area contributed by atoms with Crippen molar-refractivity contribution >= 4 is 50.0 Å². The van der Waals surface area contributed by atoms with Crippen molar-refractivity contribution in [1.82, 2.24) is 4.57 Å². The van der Waals surface area contributed by atoms with Crippen LogP contribution in [0.25, 0.3) is 38.5 Å². The third-order valence-corrected chi connectivity index (χ3v) is 8.33. The molecule has 0 radical (unpaired) electrons. The van der Waals surface area contributed by atoms with Crippen LogP contribution in [0.15, 0.2) is 95.8 Å². The van der Waals surface area contributed by atoms with Gasteiger partial charge >= 0.3 is 0 Å². The van der Waals surface area contributed by atoms with Gasteiger partial charge in [0.05, 0.1) is 17.2 Å². The van der Waals surface area contributed by atoms with Gasteiger partial charge in [0.25, 0.3) is 0 Å². The molecule has 200 valence electrons. The molecule has 40 heavy (non-hydrogen) atoms. The number of nitrogens with zero attached hydrogens (tertiary/aromatic N) is 2. The number of aliphatic hydroxyl groups is 1. The second kappa shape index (κ2) is 9.12. The average molecular weight is 527 g/mol. The number of carbonyl (C=O) groups excluding carboxylic acids is 1. The summed E-state index contributed by atoms with van der Waals surface area (Å²) < 4.78 is 2.30. The highest BCUT2D eigenvalue weighted by atomic mass is 16.3. The van der Waals surface area contributed by atoms with E-state index < -0.39 is 0 Å². The van der Waals surface area contributed by atoms with Crippen LogP contribution < -0.4 is 10.2 Å². The molecule has 2 heterocycles. The molecule has 0 fully saturated rings. The van der Waals surface area contributed by atoms with Crippen LogP contribution in [0, 0.1) is 11.8 Å². The van der Waals surface area contributed by atoms with Crippen molar-refractivity contribution in [3.05, 3.63) is 107 Å². The van der Waals surface area contributed by atoms with Gasteiger partial charge in [-0.25, -0.2) is 0 Å². The summed E-state index contributed by atoms with van der Waals surface area (Å²) in [5, 5.41) is 18.3. The molecule has 4 aromatic carbocycles. The molecule has 7 rings (SSSR count). The summed E-state index contributed by atoms with van der Waals surface area (Å²) in [5.41, 5.74) is 4.36. The fourth-order valence-corrected chi connectivity index (χ4v) is 6.72. The van der Waals surface area contributed by atoms with E-state index in [-0.39, 0.29) is 17.6 Å². The molecular formula is C36H34N2O2. The predicted octanol–water partition coefficient (Wildman–Crippen LogP) is 7.64. The van der Waals surface area contributed by atoms with Crippen LogP contribution in [-0.4, -0.2) is 22.0 Å². The van der Waals surface area contributed by atoms with Crippen LogP contribution in [0.5, 0.6) is 0 Å². The normalized spacial score (nSPS) is 18.6. The molecule has 1 atom stereocenters. The highest BCUT2D eigenvalue weighted by molar-refractivity contribution is 6.24. The molecule has 4 heteroatoms. The van der Waals surface area contributed by atoms with Crippen LogP contribution in [0.2, 0.25) is 0 Å². The number of carbonyl (C=O) groups is 1. The number of hydrogen-bond acceptors (Lipinski definition) is 3. The van der Waals surface area contributed by atoms with E-state index in [1.54, 1.807) is 0 Å². The Morgan fingerprint density at radius 1 is 0.825 bits per heavy atom. The van der Waals surface area contributed by atoms with Gasteiger partial charge in [-0.1, -0.05) is 88.4 Å². The molecule has 0 saturated carbocycles. The first-order valence-corrected chi connectivity index (χ1v) is 14.3. The largest absolute Gasteiger partial charge is 0.506 e. The zero-order chi connectivity index (χ0) is 27.7. The van der Waals surface area contributed by atoms with Crippen molar-refractivity contribution in [2.24, 2.45) is 11.8 Å². The van der Waals surface area contributed by atoms with E-state index in [2.05, 4.69) is 110 Å². The summed E-state index contributed by atoms with van der Waals surface area (Å²) in [6, 6.07) is 25.4. The zero-order valence-corrected chi connectivity index (χ0v) is 23.5. The maximum atomic E-state index is 13.7. The van der Waals surface area contributed by atoms with E-state index >= 15 is 0 Å². The Balaban J connectivity index is 1.37. The van der Waals surface area contributed by atoms with Crippen LogP contribution in [0.4, 0.5) is 5.69 Å². The minimum Gasteiger partial charge on any atom is -0.506 e. The lowest BCUT2D eigenvalue weighted by molar-refractivity contribution is -0.113. The van der Waals surface area contributed by atoms with E-state index in [1.807, 2.05) is 12.2 Å². The van der Waals surface area contributed by atoms with E-state index in [9.17, 15) is 9.90 Å². The van der Waals surface area contributed by atoms with Gasteiger partial charge in [-0.2, -0.15) is 0 Å². The number of anilines is 1.